The third kappa shape index (κ3) is 2.30. The predicted octanol–water partition coefficient (Wildman–Crippen LogP) is 3.08. The molecule has 2 aromatic heterocycles. The Balaban J connectivity index is 1.97. The first kappa shape index (κ1) is 11.7. The Labute approximate surface area is 111 Å². The van der Waals surface area contributed by atoms with Gasteiger partial charge in [0.1, 0.15) is 17.0 Å². The molecule has 0 aliphatic carbocycles. The number of benzene rings is 1. The maximum absolute atomic E-state index is 13.6. The number of nitrogens with one attached hydrogen (secondary N) is 1. The molecule has 0 spiro atoms. The van der Waals surface area contributed by atoms with Gasteiger partial charge in [-0.15, -0.1) is 11.3 Å². The number of thiazole rings is 1. The summed E-state index contributed by atoms with van der Waals surface area (Å²) in [5, 5.41) is 5.50. The van der Waals surface area contributed by atoms with Gasteiger partial charge in [-0.25, -0.2) is 14.4 Å². The molecule has 19 heavy (non-hydrogen) atoms. The standard InChI is InChI=1S/C13H8FN3OS/c14-9-3-1-2-8-4-5-10(16-11(8)9)12(18)17-13-15-6-7-19-13/h1-7H,(H,15,17,18). The number of rotatable bonds is 2. The molecule has 0 saturated carbocycles. The molecule has 1 N–H and O–H groups in total. The van der Waals surface area contributed by atoms with E-state index in [1.807, 2.05) is 0 Å². The third-order valence-electron chi connectivity index (χ3n) is 2.56. The van der Waals surface area contributed by atoms with Crippen LogP contribution in [-0.4, -0.2) is 15.9 Å². The zero-order valence-corrected chi connectivity index (χ0v) is 10.4. The van der Waals surface area contributed by atoms with Gasteiger partial charge in [0.15, 0.2) is 5.13 Å². The highest BCUT2D eigenvalue weighted by Crippen LogP contribution is 2.17. The van der Waals surface area contributed by atoms with Crippen LogP contribution in [-0.2, 0) is 0 Å². The SMILES string of the molecule is O=C(Nc1nccs1)c1ccc2cccc(F)c2n1. The van der Waals surface area contributed by atoms with Gasteiger partial charge in [-0.2, -0.15) is 0 Å². The van der Waals surface area contributed by atoms with Crippen LogP contribution in [0.1, 0.15) is 10.5 Å². The summed E-state index contributed by atoms with van der Waals surface area (Å²) in [4.78, 5) is 19.9. The van der Waals surface area contributed by atoms with Crippen LogP contribution in [0.5, 0.6) is 0 Å². The number of aromatic nitrogens is 2. The largest absolute Gasteiger partial charge is 0.296 e. The van der Waals surface area contributed by atoms with E-state index < -0.39 is 11.7 Å². The highest BCUT2D eigenvalue weighted by Gasteiger charge is 2.11. The van der Waals surface area contributed by atoms with Crippen LogP contribution in [0.15, 0.2) is 41.9 Å². The molecule has 0 unspecified atom stereocenters. The van der Waals surface area contributed by atoms with Crippen molar-refractivity contribution >= 4 is 33.3 Å². The summed E-state index contributed by atoms with van der Waals surface area (Å²) in [6, 6.07) is 7.90. The third-order valence-corrected chi connectivity index (χ3v) is 3.24. The summed E-state index contributed by atoms with van der Waals surface area (Å²) >= 11 is 1.31. The van der Waals surface area contributed by atoms with Crippen LogP contribution < -0.4 is 5.32 Å². The molecule has 0 aliphatic heterocycles. The van der Waals surface area contributed by atoms with Crippen molar-refractivity contribution in [1.82, 2.24) is 9.97 Å². The Hall–Kier alpha value is -2.34. The summed E-state index contributed by atoms with van der Waals surface area (Å²) < 4.78 is 13.6. The molecule has 0 saturated heterocycles. The number of hydrogen-bond acceptors (Lipinski definition) is 4. The number of hydrogen-bond donors (Lipinski definition) is 1. The summed E-state index contributed by atoms with van der Waals surface area (Å²) in [7, 11) is 0. The average Bonchev–Trinajstić information content (AvgIpc) is 2.92. The molecule has 0 bridgehead atoms. The first-order valence-electron chi connectivity index (χ1n) is 5.50. The normalized spacial score (nSPS) is 10.6. The number of carbonyl (C=O) groups is 1. The molecular weight excluding hydrogens is 265 g/mol. The van der Waals surface area contributed by atoms with Crippen molar-refractivity contribution in [3.05, 3.63) is 53.4 Å². The zero-order valence-electron chi connectivity index (χ0n) is 9.63. The highest BCUT2D eigenvalue weighted by molar-refractivity contribution is 7.13. The van der Waals surface area contributed by atoms with Crippen molar-refractivity contribution in [3.63, 3.8) is 0 Å². The van der Waals surface area contributed by atoms with Crippen molar-refractivity contribution in [1.29, 1.82) is 0 Å². The van der Waals surface area contributed by atoms with Gasteiger partial charge >= 0.3 is 0 Å². The first-order valence-corrected chi connectivity index (χ1v) is 6.38. The van der Waals surface area contributed by atoms with E-state index in [1.54, 1.807) is 35.8 Å². The van der Waals surface area contributed by atoms with Crippen molar-refractivity contribution in [2.24, 2.45) is 0 Å². The van der Waals surface area contributed by atoms with Gasteiger partial charge in [0.05, 0.1) is 0 Å². The lowest BCUT2D eigenvalue weighted by molar-refractivity contribution is 0.102. The monoisotopic (exact) mass is 273 g/mol. The first-order chi connectivity index (χ1) is 9.24. The number of amides is 1. The highest BCUT2D eigenvalue weighted by atomic mass is 32.1. The van der Waals surface area contributed by atoms with Gasteiger partial charge in [0.25, 0.3) is 5.91 Å². The fourth-order valence-electron chi connectivity index (χ4n) is 1.68. The Kier molecular flexibility index (Phi) is 2.92. The lowest BCUT2D eigenvalue weighted by Crippen LogP contribution is -2.13. The molecule has 6 heteroatoms. The van der Waals surface area contributed by atoms with Gasteiger partial charge in [-0.3, -0.25) is 10.1 Å². The molecule has 0 fully saturated rings. The molecule has 0 aliphatic rings. The van der Waals surface area contributed by atoms with Crippen molar-refractivity contribution in [3.8, 4) is 0 Å². The number of fused-ring (bicyclic) bond motifs is 1. The van der Waals surface area contributed by atoms with Gasteiger partial charge in [0, 0.05) is 17.0 Å². The number of anilines is 1. The van der Waals surface area contributed by atoms with E-state index in [0.717, 1.165) is 0 Å². The van der Waals surface area contributed by atoms with E-state index in [-0.39, 0.29) is 11.2 Å². The van der Waals surface area contributed by atoms with Crippen LogP contribution >= 0.6 is 11.3 Å². The molecular formula is C13H8FN3OS. The van der Waals surface area contributed by atoms with E-state index in [9.17, 15) is 9.18 Å². The summed E-state index contributed by atoms with van der Waals surface area (Å²) in [5.74, 6) is -0.846. The van der Waals surface area contributed by atoms with Gasteiger partial charge in [0.2, 0.25) is 0 Å². The molecule has 94 valence electrons. The summed E-state index contributed by atoms with van der Waals surface area (Å²) in [5.41, 5.74) is 0.349. The lowest BCUT2D eigenvalue weighted by Gasteiger charge is -2.03. The van der Waals surface area contributed by atoms with Crippen LogP contribution in [0.25, 0.3) is 10.9 Å². The molecule has 1 amide bonds. The quantitative estimate of drug-likeness (QED) is 0.780. The molecule has 0 atom stereocenters. The van der Waals surface area contributed by atoms with Gasteiger partial charge < -0.3 is 0 Å². The van der Waals surface area contributed by atoms with Crippen LogP contribution in [0, 0.1) is 5.82 Å². The van der Waals surface area contributed by atoms with Crippen LogP contribution in [0.2, 0.25) is 0 Å². The maximum atomic E-state index is 13.6. The molecule has 1 aromatic carbocycles. The average molecular weight is 273 g/mol. The molecule has 3 aromatic rings. The Morgan fingerprint density at radius 3 is 2.95 bits per heavy atom. The summed E-state index contributed by atoms with van der Waals surface area (Å²) in [6.07, 6.45) is 1.59. The number of nitrogens with zero attached hydrogens (tertiary/aromatic N) is 2. The van der Waals surface area contributed by atoms with Crippen molar-refractivity contribution in [2.75, 3.05) is 5.32 Å². The maximum Gasteiger partial charge on any atom is 0.276 e. The minimum Gasteiger partial charge on any atom is -0.296 e. The second-order valence-corrected chi connectivity index (χ2v) is 4.69. The van der Waals surface area contributed by atoms with Crippen molar-refractivity contribution in [2.45, 2.75) is 0 Å². The lowest BCUT2D eigenvalue weighted by atomic mass is 10.2. The van der Waals surface area contributed by atoms with E-state index in [2.05, 4.69) is 15.3 Å². The van der Waals surface area contributed by atoms with Gasteiger partial charge in [-0.05, 0) is 12.1 Å². The van der Waals surface area contributed by atoms with Crippen LogP contribution in [0.3, 0.4) is 0 Å². The van der Waals surface area contributed by atoms with E-state index in [1.165, 1.54) is 17.4 Å². The topological polar surface area (TPSA) is 54.9 Å². The van der Waals surface area contributed by atoms with E-state index in [0.29, 0.717) is 10.5 Å². The Bertz CT molecular complexity index is 743. The fraction of sp³-hybridized carbons (Fsp3) is 0. The van der Waals surface area contributed by atoms with Crippen molar-refractivity contribution < 1.29 is 9.18 Å². The second-order valence-electron chi connectivity index (χ2n) is 3.80. The zero-order chi connectivity index (χ0) is 13.2. The van der Waals surface area contributed by atoms with Crippen LogP contribution in [0.4, 0.5) is 9.52 Å². The fourth-order valence-corrected chi connectivity index (χ4v) is 2.21. The number of carbonyl (C=O) groups excluding carboxylic acids is 1. The molecule has 3 rings (SSSR count). The molecule has 4 nitrogen and oxygen atoms in total. The van der Waals surface area contributed by atoms with E-state index in [4.69, 9.17) is 0 Å². The molecule has 2 heterocycles. The smallest absolute Gasteiger partial charge is 0.276 e. The number of para-hydroxylation sites is 1. The predicted molar refractivity (Wildman–Crippen MR) is 71.8 cm³/mol. The number of pyridine rings is 1. The Morgan fingerprint density at radius 2 is 2.16 bits per heavy atom. The van der Waals surface area contributed by atoms with E-state index >= 15 is 0 Å². The minimum absolute atomic E-state index is 0.160. The summed E-state index contributed by atoms with van der Waals surface area (Å²) in [6.45, 7) is 0. The number of halogens is 1. The minimum atomic E-state index is -0.443. The molecule has 0 radical (unpaired) electrons. The second kappa shape index (κ2) is 4.74. The Morgan fingerprint density at radius 1 is 1.26 bits per heavy atom. The van der Waals surface area contributed by atoms with Gasteiger partial charge in [-0.1, -0.05) is 18.2 Å².